The first kappa shape index (κ1) is 9.87. The van der Waals surface area contributed by atoms with Gasteiger partial charge in [-0.3, -0.25) is 0 Å². The Labute approximate surface area is 88.8 Å². The number of fused-ring (bicyclic) bond motifs is 1. The molecule has 76 valence electrons. The molecule has 14 heavy (non-hydrogen) atoms. The predicted molar refractivity (Wildman–Crippen MR) is 60.8 cm³/mol. The van der Waals surface area contributed by atoms with Gasteiger partial charge in [0.2, 0.25) is 0 Å². The number of thioether (sulfide) groups is 1. The maximum Gasteiger partial charge on any atom is 0.124 e. The Bertz CT molecular complexity index is 316. The van der Waals surface area contributed by atoms with Crippen LogP contribution in [0.3, 0.4) is 0 Å². The van der Waals surface area contributed by atoms with Crippen molar-refractivity contribution in [1.29, 1.82) is 0 Å². The van der Waals surface area contributed by atoms with Gasteiger partial charge in [-0.05, 0) is 11.8 Å². The van der Waals surface area contributed by atoms with Crippen LogP contribution in [0.5, 0.6) is 5.75 Å². The fraction of sp³-hybridized carbons (Fsp3) is 0.455. The number of hydrogen-bond acceptors (Lipinski definition) is 3. The van der Waals surface area contributed by atoms with E-state index in [9.17, 15) is 0 Å². The molecule has 0 aliphatic carbocycles. The first-order chi connectivity index (χ1) is 6.83. The van der Waals surface area contributed by atoms with E-state index in [-0.39, 0.29) is 6.04 Å². The largest absolute Gasteiger partial charge is 0.492 e. The van der Waals surface area contributed by atoms with Gasteiger partial charge in [0.05, 0.1) is 5.25 Å². The van der Waals surface area contributed by atoms with Crippen molar-refractivity contribution in [3.8, 4) is 5.75 Å². The Morgan fingerprint density at radius 2 is 2.29 bits per heavy atom. The number of ether oxygens (including phenoxy) is 1. The number of rotatable bonds is 2. The van der Waals surface area contributed by atoms with Gasteiger partial charge in [0, 0.05) is 11.6 Å². The molecule has 2 unspecified atom stereocenters. The molecule has 0 bridgehead atoms. The van der Waals surface area contributed by atoms with Crippen LogP contribution >= 0.6 is 11.8 Å². The summed E-state index contributed by atoms with van der Waals surface area (Å²) in [5.74, 6) is 2.04. The summed E-state index contributed by atoms with van der Waals surface area (Å²) < 4.78 is 5.66. The maximum atomic E-state index is 6.18. The molecule has 1 aliphatic heterocycles. The van der Waals surface area contributed by atoms with Crippen LogP contribution in [-0.4, -0.2) is 17.6 Å². The van der Waals surface area contributed by atoms with E-state index in [4.69, 9.17) is 10.5 Å². The van der Waals surface area contributed by atoms with E-state index in [1.54, 1.807) is 0 Å². The van der Waals surface area contributed by atoms with Gasteiger partial charge in [-0.15, -0.1) is 0 Å². The first-order valence-electron chi connectivity index (χ1n) is 4.92. The van der Waals surface area contributed by atoms with Gasteiger partial charge in [0.15, 0.2) is 0 Å². The van der Waals surface area contributed by atoms with Crippen LogP contribution in [0.1, 0.15) is 18.5 Å². The minimum atomic E-state index is 0.116. The molecule has 3 heteroatoms. The molecular formula is C11H15NOS. The molecule has 0 amide bonds. The van der Waals surface area contributed by atoms with E-state index >= 15 is 0 Å². The van der Waals surface area contributed by atoms with E-state index in [0.29, 0.717) is 5.25 Å². The molecule has 2 N–H and O–H groups in total. The molecule has 2 nitrogen and oxygen atoms in total. The zero-order valence-electron chi connectivity index (χ0n) is 8.27. The fourth-order valence-corrected chi connectivity index (χ4v) is 2.68. The number of benzene rings is 1. The number of hydrogen-bond donors (Lipinski definition) is 1. The maximum absolute atomic E-state index is 6.18. The quantitative estimate of drug-likeness (QED) is 0.811. The molecule has 0 radical (unpaired) electrons. The van der Waals surface area contributed by atoms with Crippen molar-refractivity contribution in [2.24, 2.45) is 5.73 Å². The molecule has 0 fully saturated rings. The minimum Gasteiger partial charge on any atom is -0.492 e. The molecule has 0 aromatic heterocycles. The molecule has 1 aliphatic rings. The monoisotopic (exact) mass is 209 g/mol. The second kappa shape index (κ2) is 4.24. The van der Waals surface area contributed by atoms with Crippen molar-refractivity contribution < 1.29 is 4.74 Å². The molecule has 0 saturated carbocycles. The minimum absolute atomic E-state index is 0.116. The second-order valence-electron chi connectivity index (χ2n) is 3.37. The lowest BCUT2D eigenvalue weighted by molar-refractivity contribution is 0.276. The van der Waals surface area contributed by atoms with E-state index in [1.165, 1.54) is 0 Å². The Kier molecular flexibility index (Phi) is 2.99. The number of nitrogens with two attached hydrogens (primary N) is 1. The van der Waals surface area contributed by atoms with E-state index in [0.717, 1.165) is 23.7 Å². The summed E-state index contributed by atoms with van der Waals surface area (Å²) in [7, 11) is 0. The van der Waals surface area contributed by atoms with Crippen molar-refractivity contribution in [3.63, 3.8) is 0 Å². The molecule has 1 heterocycles. The zero-order valence-corrected chi connectivity index (χ0v) is 9.09. The molecule has 2 atom stereocenters. The third-order valence-electron chi connectivity index (χ3n) is 2.46. The van der Waals surface area contributed by atoms with Crippen molar-refractivity contribution >= 4 is 11.8 Å². The molecule has 0 saturated heterocycles. The lowest BCUT2D eigenvalue weighted by Gasteiger charge is -2.30. The highest BCUT2D eigenvalue weighted by Crippen LogP contribution is 2.35. The standard InChI is InChI=1S/C11H15NOS/c1-2-14-10-7-13-9-6-4-3-5-8(9)11(10)12/h3-6,10-11H,2,7,12H2,1H3. The summed E-state index contributed by atoms with van der Waals surface area (Å²) >= 11 is 1.87. The van der Waals surface area contributed by atoms with Gasteiger partial charge in [-0.2, -0.15) is 11.8 Å². The molecular weight excluding hydrogens is 194 g/mol. The fourth-order valence-electron chi connectivity index (χ4n) is 1.73. The highest BCUT2D eigenvalue weighted by atomic mass is 32.2. The molecule has 1 aromatic carbocycles. The van der Waals surface area contributed by atoms with E-state index in [2.05, 4.69) is 13.0 Å². The van der Waals surface area contributed by atoms with E-state index in [1.807, 2.05) is 30.0 Å². The lowest BCUT2D eigenvalue weighted by Crippen LogP contribution is -2.33. The van der Waals surface area contributed by atoms with Crippen LogP contribution in [0.2, 0.25) is 0 Å². The molecule has 1 aromatic rings. The smallest absolute Gasteiger partial charge is 0.124 e. The zero-order chi connectivity index (χ0) is 9.97. The van der Waals surface area contributed by atoms with E-state index < -0.39 is 0 Å². The Morgan fingerprint density at radius 3 is 3.07 bits per heavy atom. The summed E-state index contributed by atoms with van der Waals surface area (Å²) in [6.07, 6.45) is 0. The Balaban J connectivity index is 2.22. The van der Waals surface area contributed by atoms with Gasteiger partial charge in [0.1, 0.15) is 12.4 Å². The lowest BCUT2D eigenvalue weighted by atomic mass is 10.0. The van der Waals surface area contributed by atoms with Crippen LogP contribution in [-0.2, 0) is 0 Å². The van der Waals surface area contributed by atoms with Crippen molar-refractivity contribution in [2.45, 2.75) is 18.2 Å². The van der Waals surface area contributed by atoms with Gasteiger partial charge >= 0.3 is 0 Å². The van der Waals surface area contributed by atoms with Crippen LogP contribution in [0.4, 0.5) is 0 Å². The summed E-state index contributed by atoms with van der Waals surface area (Å²) in [5, 5.41) is 0.398. The summed E-state index contributed by atoms with van der Waals surface area (Å²) in [5.41, 5.74) is 7.32. The third kappa shape index (κ3) is 1.74. The summed E-state index contributed by atoms with van der Waals surface area (Å²) in [4.78, 5) is 0. The van der Waals surface area contributed by atoms with Crippen molar-refractivity contribution in [2.75, 3.05) is 12.4 Å². The van der Waals surface area contributed by atoms with Gasteiger partial charge in [-0.25, -0.2) is 0 Å². The summed E-state index contributed by atoms with van der Waals surface area (Å²) in [6, 6.07) is 8.16. The van der Waals surface area contributed by atoms with Gasteiger partial charge in [0.25, 0.3) is 0 Å². The van der Waals surface area contributed by atoms with Gasteiger partial charge in [-0.1, -0.05) is 25.1 Å². The average molecular weight is 209 g/mol. The Morgan fingerprint density at radius 1 is 1.50 bits per heavy atom. The highest BCUT2D eigenvalue weighted by Gasteiger charge is 2.27. The van der Waals surface area contributed by atoms with Crippen LogP contribution in [0.15, 0.2) is 24.3 Å². The molecule has 0 spiro atoms. The topological polar surface area (TPSA) is 35.2 Å². The normalized spacial score (nSPS) is 25.3. The van der Waals surface area contributed by atoms with Crippen LogP contribution < -0.4 is 10.5 Å². The van der Waals surface area contributed by atoms with Crippen molar-refractivity contribution in [1.82, 2.24) is 0 Å². The number of para-hydroxylation sites is 1. The SMILES string of the molecule is CCSC1COc2ccccc2C1N. The van der Waals surface area contributed by atoms with Crippen LogP contribution in [0.25, 0.3) is 0 Å². The average Bonchev–Trinajstić information content (AvgIpc) is 2.23. The van der Waals surface area contributed by atoms with Crippen molar-refractivity contribution in [3.05, 3.63) is 29.8 Å². The van der Waals surface area contributed by atoms with Crippen LogP contribution in [0, 0.1) is 0 Å². The third-order valence-corrected chi connectivity index (χ3v) is 3.65. The summed E-state index contributed by atoms with van der Waals surface area (Å²) in [6.45, 7) is 2.88. The highest BCUT2D eigenvalue weighted by molar-refractivity contribution is 7.99. The second-order valence-corrected chi connectivity index (χ2v) is 4.88. The molecule has 2 rings (SSSR count). The predicted octanol–water partition coefficient (Wildman–Crippen LogP) is 2.20. The van der Waals surface area contributed by atoms with Gasteiger partial charge < -0.3 is 10.5 Å². The Hall–Kier alpha value is -0.670. The first-order valence-corrected chi connectivity index (χ1v) is 5.96.